The van der Waals surface area contributed by atoms with Crippen molar-refractivity contribution >= 4 is 5.69 Å². The van der Waals surface area contributed by atoms with E-state index >= 15 is 0 Å². The zero-order valence-corrected chi connectivity index (χ0v) is 11.5. The van der Waals surface area contributed by atoms with Crippen LogP contribution in [0.1, 0.15) is 24.5 Å². The molecule has 1 aromatic rings. The number of benzene rings is 1. The minimum Gasteiger partial charge on any atom is -0.374 e. The van der Waals surface area contributed by atoms with Gasteiger partial charge in [0.25, 0.3) is 0 Å². The molecular weight excluding hydrogens is 208 g/mol. The smallest absolute Gasteiger partial charge is 0.0393 e. The van der Waals surface area contributed by atoms with E-state index in [2.05, 4.69) is 56.2 Å². The average Bonchev–Trinajstić information content (AvgIpc) is 2.64. The van der Waals surface area contributed by atoms with Gasteiger partial charge in [-0.15, -0.1) is 0 Å². The van der Waals surface area contributed by atoms with Gasteiger partial charge in [-0.25, -0.2) is 0 Å². The van der Waals surface area contributed by atoms with Crippen LogP contribution in [0.4, 0.5) is 5.69 Å². The van der Waals surface area contributed by atoms with E-state index in [1.165, 1.54) is 29.8 Å². The molecule has 1 aliphatic rings. The number of hydrogen-bond acceptors (Lipinski definition) is 2. The Morgan fingerprint density at radius 3 is 2.71 bits per heavy atom. The van der Waals surface area contributed by atoms with Crippen LogP contribution in [-0.2, 0) is 0 Å². The second-order valence-corrected chi connectivity index (χ2v) is 5.46. The van der Waals surface area contributed by atoms with Crippen LogP contribution in [0.25, 0.3) is 0 Å². The third kappa shape index (κ3) is 2.81. The third-order valence-corrected chi connectivity index (χ3v) is 3.96. The molecule has 1 heterocycles. The Kier molecular flexibility index (Phi) is 3.72. The fourth-order valence-electron chi connectivity index (χ4n) is 2.85. The first kappa shape index (κ1) is 12.4. The largest absolute Gasteiger partial charge is 0.374 e. The average molecular weight is 232 g/mol. The molecule has 1 N–H and O–H groups in total. The summed E-state index contributed by atoms with van der Waals surface area (Å²) < 4.78 is 0. The van der Waals surface area contributed by atoms with Gasteiger partial charge in [-0.3, -0.25) is 0 Å². The van der Waals surface area contributed by atoms with Crippen molar-refractivity contribution in [1.29, 1.82) is 0 Å². The lowest BCUT2D eigenvalue weighted by atomic mass is 10.0. The molecule has 1 aromatic carbocycles. The first-order valence-electron chi connectivity index (χ1n) is 6.59. The van der Waals surface area contributed by atoms with Crippen LogP contribution in [-0.4, -0.2) is 26.2 Å². The molecule has 2 rings (SSSR count). The highest BCUT2D eigenvalue weighted by atomic mass is 15.1. The van der Waals surface area contributed by atoms with Gasteiger partial charge in [0.1, 0.15) is 0 Å². The topological polar surface area (TPSA) is 15.3 Å². The lowest BCUT2D eigenvalue weighted by Gasteiger charge is -2.26. The zero-order valence-electron chi connectivity index (χ0n) is 11.5. The van der Waals surface area contributed by atoms with Gasteiger partial charge in [0.2, 0.25) is 0 Å². The molecule has 1 aliphatic heterocycles. The number of nitrogens with one attached hydrogen (secondary N) is 1. The van der Waals surface area contributed by atoms with Crippen molar-refractivity contribution in [2.75, 3.05) is 25.0 Å². The maximum Gasteiger partial charge on any atom is 0.0393 e. The molecule has 0 bridgehead atoms. The van der Waals surface area contributed by atoms with Crippen molar-refractivity contribution in [3.8, 4) is 0 Å². The van der Waals surface area contributed by atoms with Crippen molar-refractivity contribution in [2.45, 2.75) is 33.2 Å². The van der Waals surface area contributed by atoms with Crippen molar-refractivity contribution in [2.24, 2.45) is 5.92 Å². The second-order valence-electron chi connectivity index (χ2n) is 5.46. The fraction of sp³-hybridized carbons (Fsp3) is 0.600. The Morgan fingerprint density at radius 2 is 2.12 bits per heavy atom. The molecule has 0 saturated carbocycles. The minimum absolute atomic E-state index is 0.656. The summed E-state index contributed by atoms with van der Waals surface area (Å²) >= 11 is 0. The highest BCUT2D eigenvalue weighted by molar-refractivity contribution is 5.53. The molecule has 2 atom stereocenters. The summed E-state index contributed by atoms with van der Waals surface area (Å²) in [5.74, 6) is 0.778. The lowest BCUT2D eigenvalue weighted by Crippen LogP contribution is -2.32. The maximum absolute atomic E-state index is 3.52. The fourth-order valence-corrected chi connectivity index (χ4v) is 2.85. The van der Waals surface area contributed by atoms with Gasteiger partial charge >= 0.3 is 0 Å². The van der Waals surface area contributed by atoms with Crippen LogP contribution in [0, 0.1) is 19.8 Å². The first-order valence-corrected chi connectivity index (χ1v) is 6.59. The van der Waals surface area contributed by atoms with Gasteiger partial charge in [-0.2, -0.15) is 0 Å². The van der Waals surface area contributed by atoms with E-state index in [4.69, 9.17) is 0 Å². The molecule has 0 aliphatic carbocycles. The van der Waals surface area contributed by atoms with Crippen LogP contribution < -0.4 is 10.2 Å². The zero-order chi connectivity index (χ0) is 12.4. The van der Waals surface area contributed by atoms with Crippen LogP contribution in [0.2, 0.25) is 0 Å². The van der Waals surface area contributed by atoms with E-state index in [0.29, 0.717) is 6.04 Å². The molecule has 1 fully saturated rings. The van der Waals surface area contributed by atoms with E-state index in [1.54, 1.807) is 0 Å². The molecule has 1 saturated heterocycles. The molecule has 0 spiro atoms. The molecule has 2 unspecified atom stereocenters. The second kappa shape index (κ2) is 5.09. The summed E-state index contributed by atoms with van der Waals surface area (Å²) in [4.78, 5) is 2.41. The quantitative estimate of drug-likeness (QED) is 0.862. The molecule has 17 heavy (non-hydrogen) atoms. The van der Waals surface area contributed by atoms with Crippen LogP contribution in [0.5, 0.6) is 0 Å². The molecular formula is C15H24N2. The molecule has 94 valence electrons. The lowest BCUT2D eigenvalue weighted by molar-refractivity contribution is 0.478. The minimum atomic E-state index is 0.656. The Labute approximate surface area is 105 Å². The Bertz CT molecular complexity index is 387. The molecule has 0 radical (unpaired) electrons. The summed E-state index contributed by atoms with van der Waals surface area (Å²) in [6, 6.07) is 7.37. The van der Waals surface area contributed by atoms with Gasteiger partial charge in [0, 0.05) is 25.3 Å². The van der Waals surface area contributed by atoms with Crippen molar-refractivity contribution in [3.63, 3.8) is 0 Å². The summed E-state index contributed by atoms with van der Waals surface area (Å²) in [6.07, 6.45) is 1.30. The van der Waals surface area contributed by atoms with Gasteiger partial charge in [0.15, 0.2) is 0 Å². The molecule has 0 amide bonds. The highest BCUT2D eigenvalue weighted by Gasteiger charge is 2.24. The number of rotatable bonds is 3. The van der Waals surface area contributed by atoms with Crippen LogP contribution in [0.15, 0.2) is 18.2 Å². The van der Waals surface area contributed by atoms with Crippen molar-refractivity contribution in [1.82, 2.24) is 5.32 Å². The Balaban J connectivity index is 2.06. The first-order chi connectivity index (χ1) is 8.08. The predicted octanol–water partition coefficient (Wildman–Crippen LogP) is 2.74. The van der Waals surface area contributed by atoms with Crippen LogP contribution in [0.3, 0.4) is 0 Å². The SMILES string of the molecule is Cc1ccc(N(C)CC2CCNC2C)c(C)c1. The van der Waals surface area contributed by atoms with Crippen molar-refractivity contribution in [3.05, 3.63) is 29.3 Å². The van der Waals surface area contributed by atoms with Gasteiger partial charge < -0.3 is 10.2 Å². The third-order valence-electron chi connectivity index (χ3n) is 3.96. The summed E-state index contributed by atoms with van der Waals surface area (Å²) in [5, 5.41) is 3.52. The van der Waals surface area contributed by atoms with E-state index in [-0.39, 0.29) is 0 Å². The summed E-state index contributed by atoms with van der Waals surface area (Å²) in [7, 11) is 2.21. The molecule has 2 nitrogen and oxygen atoms in total. The van der Waals surface area contributed by atoms with Gasteiger partial charge in [0.05, 0.1) is 0 Å². The Morgan fingerprint density at radius 1 is 1.35 bits per heavy atom. The Hall–Kier alpha value is -1.02. The van der Waals surface area contributed by atoms with E-state index in [0.717, 1.165) is 12.5 Å². The normalized spacial score (nSPS) is 24.0. The van der Waals surface area contributed by atoms with E-state index in [9.17, 15) is 0 Å². The monoisotopic (exact) mass is 232 g/mol. The van der Waals surface area contributed by atoms with E-state index < -0.39 is 0 Å². The molecule has 2 heteroatoms. The number of hydrogen-bond donors (Lipinski definition) is 1. The van der Waals surface area contributed by atoms with Gasteiger partial charge in [-0.05, 0) is 51.3 Å². The molecule has 0 aromatic heterocycles. The summed E-state index contributed by atoms with van der Waals surface area (Å²) in [5.41, 5.74) is 4.09. The van der Waals surface area contributed by atoms with E-state index in [1.807, 2.05) is 0 Å². The van der Waals surface area contributed by atoms with Crippen LogP contribution >= 0.6 is 0 Å². The van der Waals surface area contributed by atoms with Crippen molar-refractivity contribution < 1.29 is 0 Å². The van der Waals surface area contributed by atoms with Gasteiger partial charge in [-0.1, -0.05) is 17.7 Å². The number of anilines is 1. The standard InChI is InChI=1S/C15H24N2/c1-11-5-6-15(12(2)9-11)17(4)10-14-7-8-16-13(14)3/h5-6,9,13-14,16H,7-8,10H2,1-4H3. The predicted molar refractivity (Wildman–Crippen MR) is 74.8 cm³/mol. The number of nitrogens with zero attached hydrogens (tertiary/aromatic N) is 1. The maximum atomic E-state index is 3.52. The number of aryl methyl sites for hydroxylation is 2. The summed E-state index contributed by atoms with van der Waals surface area (Å²) in [6.45, 7) is 8.98. The highest BCUT2D eigenvalue weighted by Crippen LogP contribution is 2.23.